The number of hydrogen-bond acceptors (Lipinski definition) is 2. The van der Waals surface area contributed by atoms with Crippen LogP contribution in [0, 0.1) is 11.8 Å². The number of methoxy groups -OCH3 is 1. The summed E-state index contributed by atoms with van der Waals surface area (Å²) in [6.07, 6.45) is 2.63. The van der Waals surface area contributed by atoms with Crippen LogP contribution in [0.2, 0.25) is 0 Å². The highest BCUT2D eigenvalue weighted by Gasteiger charge is 1.85. The number of ether oxygens (including phenoxy) is 1. The molecule has 0 bridgehead atoms. The fourth-order valence-electron chi connectivity index (χ4n) is 0.275. The first kappa shape index (κ1) is 9.06. The van der Waals surface area contributed by atoms with Crippen molar-refractivity contribution in [2.75, 3.05) is 13.0 Å². The lowest BCUT2D eigenvalue weighted by molar-refractivity contribution is -0.134. The predicted octanol–water partition coefficient (Wildman–Crippen LogP) is 0.958. The summed E-state index contributed by atoms with van der Waals surface area (Å²) in [6, 6.07) is 0. The molecule has 0 unspecified atom stereocenters. The molecule has 0 radical (unpaired) electrons. The van der Waals surface area contributed by atoms with E-state index in [0.717, 1.165) is 0 Å². The standard InChI is InChI=1S/C7H7ClO2/c1-10-7(9)5-3-2-4-6-8/h3,5H,6H2,1H3. The van der Waals surface area contributed by atoms with Crippen LogP contribution in [0.25, 0.3) is 0 Å². The van der Waals surface area contributed by atoms with Gasteiger partial charge >= 0.3 is 5.97 Å². The molecule has 0 fully saturated rings. The van der Waals surface area contributed by atoms with Crippen LogP contribution in [-0.4, -0.2) is 19.0 Å². The summed E-state index contributed by atoms with van der Waals surface area (Å²) in [5, 5.41) is 0. The van der Waals surface area contributed by atoms with Crippen molar-refractivity contribution in [2.45, 2.75) is 0 Å². The molecule has 54 valence electrons. The molecule has 3 heteroatoms. The molecule has 0 rings (SSSR count). The van der Waals surface area contributed by atoms with Crippen molar-refractivity contribution in [2.24, 2.45) is 0 Å². The summed E-state index contributed by atoms with van der Waals surface area (Å²) >= 11 is 5.23. The van der Waals surface area contributed by atoms with E-state index in [-0.39, 0.29) is 5.88 Å². The fraction of sp³-hybridized carbons (Fsp3) is 0.286. The molecule has 0 atom stereocenters. The van der Waals surface area contributed by atoms with Gasteiger partial charge in [-0.15, -0.1) is 11.6 Å². The number of halogens is 1. The second kappa shape index (κ2) is 6.18. The summed E-state index contributed by atoms with van der Waals surface area (Å²) in [5.74, 6) is 4.94. The van der Waals surface area contributed by atoms with E-state index in [9.17, 15) is 4.79 Å². The molecule has 0 amide bonds. The van der Waals surface area contributed by atoms with Crippen molar-refractivity contribution >= 4 is 17.6 Å². The SMILES string of the molecule is COC(=O)C=CC#CCCl. The van der Waals surface area contributed by atoms with Gasteiger partial charge in [-0.1, -0.05) is 11.8 Å². The van der Waals surface area contributed by atoms with Gasteiger partial charge < -0.3 is 4.74 Å². The molecular formula is C7H7ClO2. The third kappa shape index (κ3) is 5.20. The molecule has 0 saturated heterocycles. The predicted molar refractivity (Wildman–Crippen MR) is 39.7 cm³/mol. The Hall–Kier alpha value is -0.940. The van der Waals surface area contributed by atoms with Gasteiger partial charge in [0, 0.05) is 6.08 Å². The summed E-state index contributed by atoms with van der Waals surface area (Å²) in [5.41, 5.74) is 0. The summed E-state index contributed by atoms with van der Waals surface area (Å²) in [7, 11) is 1.31. The zero-order valence-electron chi connectivity index (χ0n) is 5.56. The van der Waals surface area contributed by atoms with Crippen LogP contribution in [0.5, 0.6) is 0 Å². The first-order valence-electron chi connectivity index (χ1n) is 2.60. The minimum Gasteiger partial charge on any atom is -0.466 e. The molecule has 0 heterocycles. The van der Waals surface area contributed by atoms with Crippen molar-refractivity contribution in [3.63, 3.8) is 0 Å². The van der Waals surface area contributed by atoms with Crippen LogP contribution in [0.15, 0.2) is 12.2 Å². The van der Waals surface area contributed by atoms with Crippen molar-refractivity contribution in [1.82, 2.24) is 0 Å². The van der Waals surface area contributed by atoms with Gasteiger partial charge in [0.25, 0.3) is 0 Å². The van der Waals surface area contributed by atoms with Crippen LogP contribution in [0.4, 0.5) is 0 Å². The van der Waals surface area contributed by atoms with E-state index in [2.05, 4.69) is 16.6 Å². The van der Waals surface area contributed by atoms with Crippen molar-refractivity contribution in [3.05, 3.63) is 12.2 Å². The molecule has 0 aromatic carbocycles. The lowest BCUT2D eigenvalue weighted by atomic mass is 10.5. The minimum atomic E-state index is -0.413. The largest absolute Gasteiger partial charge is 0.466 e. The van der Waals surface area contributed by atoms with E-state index in [1.54, 1.807) is 0 Å². The Balaban J connectivity index is 3.65. The molecule has 0 aromatic heterocycles. The van der Waals surface area contributed by atoms with E-state index in [0.29, 0.717) is 0 Å². The number of hydrogen-bond donors (Lipinski definition) is 0. The second-order valence-corrected chi connectivity index (χ2v) is 1.58. The topological polar surface area (TPSA) is 26.3 Å². The van der Waals surface area contributed by atoms with Crippen molar-refractivity contribution in [3.8, 4) is 11.8 Å². The number of esters is 1. The molecule has 0 N–H and O–H groups in total. The third-order valence-corrected chi connectivity index (χ3v) is 0.806. The van der Waals surface area contributed by atoms with Gasteiger partial charge in [0.2, 0.25) is 0 Å². The van der Waals surface area contributed by atoms with E-state index in [4.69, 9.17) is 11.6 Å². The maximum Gasteiger partial charge on any atom is 0.331 e. The molecule has 0 saturated carbocycles. The Labute approximate surface area is 64.8 Å². The normalized spacial score (nSPS) is 8.60. The first-order valence-corrected chi connectivity index (χ1v) is 3.13. The second-order valence-electron chi connectivity index (χ2n) is 1.31. The van der Waals surface area contributed by atoms with Gasteiger partial charge in [-0.25, -0.2) is 4.79 Å². The number of allylic oxidation sites excluding steroid dienone is 1. The summed E-state index contributed by atoms with van der Waals surface area (Å²) in [4.78, 5) is 10.4. The maximum absolute atomic E-state index is 10.4. The monoisotopic (exact) mass is 158 g/mol. The number of rotatable bonds is 1. The van der Waals surface area contributed by atoms with Gasteiger partial charge in [0.1, 0.15) is 0 Å². The summed E-state index contributed by atoms with van der Waals surface area (Å²) < 4.78 is 4.30. The highest BCUT2D eigenvalue weighted by molar-refractivity contribution is 6.19. The lowest BCUT2D eigenvalue weighted by Gasteiger charge is -1.84. The zero-order chi connectivity index (χ0) is 7.82. The van der Waals surface area contributed by atoms with Gasteiger partial charge in [-0.2, -0.15) is 0 Å². The Kier molecular flexibility index (Phi) is 5.60. The maximum atomic E-state index is 10.4. The third-order valence-electron chi connectivity index (χ3n) is 0.673. The van der Waals surface area contributed by atoms with Crippen molar-refractivity contribution in [1.29, 1.82) is 0 Å². The molecule has 2 nitrogen and oxygen atoms in total. The lowest BCUT2D eigenvalue weighted by Crippen LogP contribution is -1.92. The molecule has 0 aromatic rings. The van der Waals surface area contributed by atoms with Gasteiger partial charge in [-0.05, 0) is 6.08 Å². The first-order chi connectivity index (χ1) is 4.81. The molecular weight excluding hydrogens is 152 g/mol. The Morgan fingerprint density at radius 3 is 3.00 bits per heavy atom. The smallest absolute Gasteiger partial charge is 0.331 e. The van der Waals surface area contributed by atoms with Crippen LogP contribution in [0.3, 0.4) is 0 Å². The molecule has 0 spiro atoms. The molecule has 0 aliphatic rings. The van der Waals surface area contributed by atoms with Gasteiger partial charge in [0.05, 0.1) is 13.0 Å². The van der Waals surface area contributed by atoms with Crippen LogP contribution >= 0.6 is 11.6 Å². The Morgan fingerprint density at radius 1 is 1.80 bits per heavy atom. The van der Waals surface area contributed by atoms with Crippen LogP contribution < -0.4 is 0 Å². The fourth-order valence-corrected chi connectivity index (χ4v) is 0.352. The molecule has 0 aliphatic carbocycles. The van der Waals surface area contributed by atoms with E-state index in [1.165, 1.54) is 19.3 Å². The van der Waals surface area contributed by atoms with E-state index < -0.39 is 5.97 Å². The quantitative estimate of drug-likeness (QED) is 0.246. The minimum absolute atomic E-state index is 0.269. The van der Waals surface area contributed by atoms with E-state index >= 15 is 0 Å². The average molecular weight is 159 g/mol. The molecule has 0 aliphatic heterocycles. The van der Waals surface area contributed by atoms with E-state index in [1.807, 2.05) is 0 Å². The molecule has 10 heavy (non-hydrogen) atoms. The highest BCUT2D eigenvalue weighted by atomic mass is 35.5. The van der Waals surface area contributed by atoms with Gasteiger partial charge in [0.15, 0.2) is 0 Å². The zero-order valence-corrected chi connectivity index (χ0v) is 6.31. The van der Waals surface area contributed by atoms with Crippen molar-refractivity contribution < 1.29 is 9.53 Å². The number of carbonyl (C=O) groups excluding carboxylic acids is 1. The van der Waals surface area contributed by atoms with Gasteiger partial charge in [-0.3, -0.25) is 0 Å². The average Bonchev–Trinajstić information content (AvgIpc) is 1.98. The highest BCUT2D eigenvalue weighted by Crippen LogP contribution is 1.76. The number of carbonyl (C=O) groups is 1. The van der Waals surface area contributed by atoms with Crippen LogP contribution in [-0.2, 0) is 9.53 Å². The Morgan fingerprint density at radius 2 is 2.50 bits per heavy atom. The van der Waals surface area contributed by atoms with Crippen LogP contribution in [0.1, 0.15) is 0 Å². The number of alkyl halides is 1. The Bertz CT molecular complexity index is 186. The summed E-state index contributed by atoms with van der Waals surface area (Å²) in [6.45, 7) is 0.